The van der Waals surface area contributed by atoms with Gasteiger partial charge in [0.2, 0.25) is 0 Å². The molecule has 0 amide bonds. The zero-order chi connectivity index (χ0) is 42.0. The Bertz CT molecular complexity index is 3820. The average molecular weight is 814 g/mol. The minimum absolute atomic E-state index is 0.551. The Balaban J connectivity index is 1.30. The predicted molar refractivity (Wildman–Crippen MR) is 260 cm³/mol. The van der Waals surface area contributed by atoms with Crippen molar-refractivity contribution in [3.63, 3.8) is 0 Å². The highest BCUT2D eigenvalue weighted by Gasteiger charge is 2.33. The molecule has 7 nitrogen and oxygen atoms in total. The molecule has 10 aromatic carbocycles. The number of benzene rings is 10. The van der Waals surface area contributed by atoms with Crippen molar-refractivity contribution in [3.8, 4) is 50.8 Å². The molecule has 14 rings (SSSR count). The lowest BCUT2D eigenvalue weighted by Crippen LogP contribution is -2.10. The van der Waals surface area contributed by atoms with E-state index in [2.05, 4.69) is 189 Å². The number of aromatic nitrogens is 6. The Morgan fingerprint density at radius 3 is 1.11 bits per heavy atom. The number of nitrogens with zero attached hydrogens (tertiary/aromatic N) is 7. The monoisotopic (exact) mass is 813 g/mol. The summed E-state index contributed by atoms with van der Waals surface area (Å²) in [5.41, 5.74) is 14.0. The summed E-state index contributed by atoms with van der Waals surface area (Å²) in [4.78, 5) is 18.7. The predicted octanol–water partition coefficient (Wildman–Crippen LogP) is 13.8. The summed E-state index contributed by atoms with van der Waals surface area (Å²) >= 11 is 0. The summed E-state index contributed by atoms with van der Waals surface area (Å²) < 4.78 is 4.72. The molecule has 0 bridgehead atoms. The molecule has 0 aliphatic heterocycles. The molecule has 0 aliphatic rings. The lowest BCUT2D eigenvalue weighted by molar-refractivity contribution is 1.12. The van der Waals surface area contributed by atoms with E-state index in [-0.39, 0.29) is 0 Å². The molecule has 14 aromatic rings. The van der Waals surface area contributed by atoms with Crippen LogP contribution in [0.5, 0.6) is 0 Å². The van der Waals surface area contributed by atoms with Crippen molar-refractivity contribution >= 4 is 87.0 Å². The molecule has 0 aliphatic carbocycles. The summed E-state index contributed by atoms with van der Waals surface area (Å²) in [5.74, 6) is 0. The Morgan fingerprint density at radius 1 is 0.359 bits per heavy atom. The number of rotatable bonds is 5. The van der Waals surface area contributed by atoms with Crippen LogP contribution in [-0.2, 0) is 0 Å². The van der Waals surface area contributed by atoms with Crippen LogP contribution in [0.2, 0.25) is 0 Å². The molecule has 0 fully saturated rings. The molecule has 0 saturated heterocycles. The third-order valence-corrected chi connectivity index (χ3v) is 13.3. The summed E-state index contributed by atoms with van der Waals surface area (Å²) in [7, 11) is 0. The molecular weight excluding hydrogens is 783 g/mol. The zero-order valence-corrected chi connectivity index (χ0v) is 34.0. The van der Waals surface area contributed by atoms with E-state index in [9.17, 15) is 5.26 Å². The van der Waals surface area contributed by atoms with Gasteiger partial charge in [0.05, 0.1) is 44.5 Å². The third-order valence-electron chi connectivity index (χ3n) is 13.3. The fraction of sp³-hybridized carbons (Fsp3) is 0. The first-order chi connectivity index (χ1) is 31.8. The highest BCUT2D eigenvalue weighted by molar-refractivity contribution is 6.35. The van der Waals surface area contributed by atoms with E-state index in [1.54, 1.807) is 12.7 Å². The molecule has 4 aromatic heterocycles. The second-order valence-electron chi connectivity index (χ2n) is 16.4. The van der Waals surface area contributed by atoms with Crippen LogP contribution in [0.15, 0.2) is 189 Å². The SMILES string of the molecule is N#Cc1c(-n2c3cccc4c5cncnc5c5cccc2c5c43)c(-c2ccccc2)c(-c2ccccc2)c(-c2ccccc2)c1-n1c2cccc3c4cncnc4c4cccc1c4c32. The van der Waals surface area contributed by atoms with E-state index < -0.39 is 0 Å². The average Bonchev–Trinajstić information content (AvgIpc) is 3.89. The summed E-state index contributed by atoms with van der Waals surface area (Å²) in [6.07, 6.45) is 7.11. The largest absolute Gasteiger partial charge is 0.307 e. The van der Waals surface area contributed by atoms with Crippen LogP contribution in [-0.4, -0.2) is 29.1 Å². The van der Waals surface area contributed by atoms with Crippen molar-refractivity contribution in [2.45, 2.75) is 0 Å². The fourth-order valence-electron chi connectivity index (χ4n) is 11.0. The zero-order valence-electron chi connectivity index (χ0n) is 34.0. The van der Waals surface area contributed by atoms with Crippen LogP contribution in [0, 0.1) is 11.3 Å². The van der Waals surface area contributed by atoms with Crippen LogP contribution in [0.25, 0.3) is 132 Å². The van der Waals surface area contributed by atoms with Crippen LogP contribution in [0.3, 0.4) is 0 Å². The summed E-state index contributed by atoms with van der Waals surface area (Å²) in [5, 5.41) is 23.0. The smallest absolute Gasteiger partial charge is 0.116 e. The van der Waals surface area contributed by atoms with Gasteiger partial charge in [-0.3, -0.25) is 0 Å². The Kier molecular flexibility index (Phi) is 7.05. The maximum atomic E-state index is 12.3. The standard InChI is InChI=1S/C57H31N7/c58-28-40-56(63-43-24-10-20-36-41-29-59-31-61-54(41)38-22-12-26-45(63)52(38)50(36)43)48(34-16-6-2-7-17-34)47(33-14-4-1-5-15-33)49(35-18-8-3-9-19-35)57(40)64-44-25-11-21-37-42-30-60-32-62-55(42)39-23-13-27-46(64)53(39)51(37)44/h1-27,29-32H. The number of hydrogen-bond donors (Lipinski definition) is 0. The van der Waals surface area contributed by atoms with Gasteiger partial charge in [0.25, 0.3) is 0 Å². The Morgan fingerprint density at radius 2 is 0.719 bits per heavy atom. The molecular formula is C57H31N7. The maximum absolute atomic E-state index is 12.3. The van der Waals surface area contributed by atoms with Crippen molar-refractivity contribution < 1.29 is 0 Å². The van der Waals surface area contributed by atoms with Gasteiger partial charge in [-0.05, 0) is 51.7 Å². The second kappa shape index (κ2) is 13.0. The Hall–Kier alpha value is -8.99. The van der Waals surface area contributed by atoms with Crippen LogP contribution < -0.4 is 0 Å². The van der Waals surface area contributed by atoms with Crippen LogP contribution in [0.1, 0.15) is 5.56 Å². The van der Waals surface area contributed by atoms with Gasteiger partial charge in [-0.25, -0.2) is 19.9 Å². The lowest BCUT2D eigenvalue weighted by Gasteiger charge is -2.27. The molecule has 294 valence electrons. The first-order valence-electron chi connectivity index (χ1n) is 21.3. The van der Waals surface area contributed by atoms with Gasteiger partial charge in [-0.2, -0.15) is 5.26 Å². The summed E-state index contributed by atoms with van der Waals surface area (Å²) in [6.45, 7) is 0. The van der Waals surface area contributed by atoms with E-state index in [4.69, 9.17) is 9.97 Å². The highest BCUT2D eigenvalue weighted by Crippen LogP contribution is 2.54. The Labute approximate surface area is 365 Å². The van der Waals surface area contributed by atoms with Gasteiger partial charge >= 0.3 is 0 Å². The van der Waals surface area contributed by atoms with Crippen molar-refractivity contribution in [1.29, 1.82) is 5.26 Å². The van der Waals surface area contributed by atoms with Crippen LogP contribution in [0.4, 0.5) is 0 Å². The number of hydrogen-bond acceptors (Lipinski definition) is 5. The first-order valence-corrected chi connectivity index (χ1v) is 21.3. The first kappa shape index (κ1) is 34.7. The van der Waals surface area contributed by atoms with Crippen LogP contribution >= 0.6 is 0 Å². The molecule has 0 radical (unpaired) electrons. The fourth-order valence-corrected chi connectivity index (χ4v) is 11.0. The maximum Gasteiger partial charge on any atom is 0.116 e. The van der Waals surface area contributed by atoms with Crippen molar-refractivity contribution in [3.05, 3.63) is 194 Å². The van der Waals surface area contributed by atoms with Gasteiger partial charge in [-0.1, -0.05) is 140 Å². The number of fused-ring (bicyclic) bond motifs is 6. The van der Waals surface area contributed by atoms with E-state index >= 15 is 0 Å². The van der Waals surface area contributed by atoms with E-state index in [1.165, 1.54) is 0 Å². The normalized spacial score (nSPS) is 12.0. The van der Waals surface area contributed by atoms with Crippen molar-refractivity contribution in [2.24, 2.45) is 0 Å². The van der Waals surface area contributed by atoms with Crippen molar-refractivity contribution in [1.82, 2.24) is 29.1 Å². The van der Waals surface area contributed by atoms with Gasteiger partial charge in [-0.15, -0.1) is 0 Å². The van der Waals surface area contributed by atoms with Gasteiger partial charge in [0, 0.05) is 72.2 Å². The highest BCUT2D eigenvalue weighted by atomic mass is 15.0. The topological polar surface area (TPSA) is 85.2 Å². The molecule has 0 atom stereocenters. The lowest BCUT2D eigenvalue weighted by atomic mass is 9.82. The minimum Gasteiger partial charge on any atom is -0.307 e. The molecule has 7 heteroatoms. The molecule has 0 unspecified atom stereocenters. The van der Waals surface area contributed by atoms with E-state index in [0.29, 0.717) is 5.56 Å². The third kappa shape index (κ3) is 4.47. The summed E-state index contributed by atoms with van der Waals surface area (Å²) in [6, 6.07) is 60.7. The van der Waals surface area contributed by atoms with E-state index in [1.807, 2.05) is 12.4 Å². The molecule has 64 heavy (non-hydrogen) atoms. The second-order valence-corrected chi connectivity index (χ2v) is 16.4. The van der Waals surface area contributed by atoms with Crippen molar-refractivity contribution in [2.75, 3.05) is 0 Å². The molecule has 0 saturated carbocycles. The van der Waals surface area contributed by atoms with Gasteiger partial charge < -0.3 is 9.13 Å². The molecule has 0 spiro atoms. The minimum atomic E-state index is 0.551. The van der Waals surface area contributed by atoms with Gasteiger partial charge in [0.15, 0.2) is 0 Å². The molecule has 0 N–H and O–H groups in total. The molecule has 4 heterocycles. The van der Waals surface area contributed by atoms with E-state index in [0.717, 1.165) is 132 Å². The quantitative estimate of drug-likeness (QED) is 0.162. The van der Waals surface area contributed by atoms with Gasteiger partial charge in [0.1, 0.15) is 24.3 Å². The number of nitriles is 1.